The monoisotopic (exact) mass is 376 g/mol. The zero-order valence-corrected chi connectivity index (χ0v) is 17.9. The van der Waals surface area contributed by atoms with Crippen LogP contribution >= 0.6 is 0 Å². The summed E-state index contributed by atoms with van der Waals surface area (Å²) in [6.07, 6.45) is 6.12. The second-order valence-electron chi connectivity index (χ2n) is 11.4. The molecule has 4 saturated carbocycles. The first kappa shape index (κ1) is 19.3. The van der Waals surface area contributed by atoms with Gasteiger partial charge in [0.25, 0.3) is 0 Å². The molecule has 4 nitrogen and oxygen atoms in total. The number of carbonyl (C=O) groups excluding carboxylic acids is 2. The number of esters is 2. The van der Waals surface area contributed by atoms with Gasteiger partial charge >= 0.3 is 11.9 Å². The van der Waals surface area contributed by atoms with Gasteiger partial charge in [-0.05, 0) is 61.2 Å². The van der Waals surface area contributed by atoms with Crippen molar-refractivity contribution in [3.8, 4) is 0 Å². The summed E-state index contributed by atoms with van der Waals surface area (Å²) in [5, 5.41) is 0. The van der Waals surface area contributed by atoms with E-state index < -0.39 is 11.9 Å². The van der Waals surface area contributed by atoms with Gasteiger partial charge in [-0.2, -0.15) is 0 Å². The van der Waals surface area contributed by atoms with Crippen LogP contribution in [-0.4, -0.2) is 24.1 Å². The number of hydrogen-bond acceptors (Lipinski definition) is 4. The second kappa shape index (κ2) is 5.73. The maximum Gasteiger partial charge on any atom is 0.317 e. The van der Waals surface area contributed by atoms with Crippen LogP contribution in [0.3, 0.4) is 0 Å². The summed E-state index contributed by atoms with van der Waals surface area (Å²) >= 11 is 0. The molecule has 4 heteroatoms. The lowest BCUT2D eigenvalue weighted by Crippen LogP contribution is -2.40. The largest absolute Gasteiger partial charge is 0.461 e. The van der Waals surface area contributed by atoms with Crippen molar-refractivity contribution >= 4 is 11.9 Å². The van der Waals surface area contributed by atoms with Crippen LogP contribution in [0.2, 0.25) is 0 Å². The molecule has 4 fully saturated rings. The SMILES string of the molecule is CC1(C)C2CCC1(C)C(OC(=O)CC(=O)OC1CC3CCC1(C)C3(C)C)C2. The fraction of sp³-hybridized carbons (Fsp3) is 0.913. The standard InChI is InChI=1S/C23H36O4/c1-20(2)14-7-9-22(20,5)16(11-14)26-18(24)13-19(25)27-17-12-15-8-10-23(17,6)21(15,3)4/h14-17H,7-13H2,1-6H3. The van der Waals surface area contributed by atoms with Crippen LogP contribution in [0.25, 0.3) is 0 Å². The van der Waals surface area contributed by atoms with E-state index in [1.165, 1.54) is 12.8 Å². The van der Waals surface area contributed by atoms with E-state index in [9.17, 15) is 9.59 Å². The Labute approximate surface area is 163 Å². The van der Waals surface area contributed by atoms with Crippen molar-refractivity contribution < 1.29 is 19.1 Å². The van der Waals surface area contributed by atoms with Crippen molar-refractivity contribution in [3.05, 3.63) is 0 Å². The number of hydrogen-bond donors (Lipinski definition) is 0. The molecule has 0 saturated heterocycles. The van der Waals surface area contributed by atoms with Gasteiger partial charge in [0.15, 0.2) is 0 Å². The predicted octanol–water partition coefficient (Wildman–Crippen LogP) is 4.89. The van der Waals surface area contributed by atoms with Gasteiger partial charge < -0.3 is 9.47 Å². The van der Waals surface area contributed by atoms with E-state index in [-0.39, 0.29) is 40.3 Å². The molecule has 6 unspecified atom stereocenters. The Kier molecular flexibility index (Phi) is 4.09. The van der Waals surface area contributed by atoms with Gasteiger partial charge in [0.05, 0.1) is 0 Å². The Morgan fingerprint density at radius 1 is 0.741 bits per heavy atom. The molecule has 4 bridgehead atoms. The molecule has 0 aromatic heterocycles. The van der Waals surface area contributed by atoms with Crippen molar-refractivity contribution in [2.45, 2.75) is 98.7 Å². The number of carbonyl (C=O) groups is 2. The third-order valence-electron chi connectivity index (χ3n) is 10.3. The van der Waals surface area contributed by atoms with E-state index in [0.717, 1.165) is 25.7 Å². The molecule has 0 radical (unpaired) electrons. The van der Waals surface area contributed by atoms with E-state index in [1.807, 2.05) is 0 Å². The quantitative estimate of drug-likeness (QED) is 0.518. The summed E-state index contributed by atoms with van der Waals surface area (Å²) in [5.41, 5.74) is 0.447. The number of rotatable bonds is 4. The molecule has 0 aromatic rings. The summed E-state index contributed by atoms with van der Waals surface area (Å²) in [7, 11) is 0. The smallest absolute Gasteiger partial charge is 0.317 e. The van der Waals surface area contributed by atoms with E-state index in [0.29, 0.717) is 11.8 Å². The van der Waals surface area contributed by atoms with Crippen LogP contribution in [0.15, 0.2) is 0 Å². The first-order valence-corrected chi connectivity index (χ1v) is 10.8. The minimum Gasteiger partial charge on any atom is -0.461 e. The molecular formula is C23H36O4. The fourth-order valence-electron chi connectivity index (χ4n) is 7.14. The van der Waals surface area contributed by atoms with Crippen molar-refractivity contribution in [3.63, 3.8) is 0 Å². The zero-order chi connectivity index (χ0) is 19.8. The van der Waals surface area contributed by atoms with Gasteiger partial charge in [0.1, 0.15) is 18.6 Å². The Morgan fingerprint density at radius 2 is 1.11 bits per heavy atom. The molecule has 4 aliphatic rings. The summed E-state index contributed by atoms with van der Waals surface area (Å²) in [4.78, 5) is 24.9. The van der Waals surface area contributed by atoms with Crippen LogP contribution in [0, 0.1) is 33.5 Å². The van der Waals surface area contributed by atoms with E-state index >= 15 is 0 Å². The third kappa shape index (κ3) is 2.47. The molecule has 4 rings (SSSR count). The Balaban J connectivity index is 1.33. The normalized spacial score (nSPS) is 45.9. The lowest BCUT2D eigenvalue weighted by molar-refractivity contribution is -0.168. The Bertz CT molecular complexity index is 609. The Hall–Kier alpha value is -1.06. The molecule has 0 spiro atoms. The molecule has 6 atom stereocenters. The van der Waals surface area contributed by atoms with Crippen molar-refractivity contribution in [2.75, 3.05) is 0 Å². The van der Waals surface area contributed by atoms with E-state index in [1.54, 1.807) is 0 Å². The highest BCUT2D eigenvalue weighted by molar-refractivity contribution is 5.91. The van der Waals surface area contributed by atoms with E-state index in [2.05, 4.69) is 41.5 Å². The summed E-state index contributed by atoms with van der Waals surface area (Å²) in [5.74, 6) is 0.399. The van der Waals surface area contributed by atoms with Crippen molar-refractivity contribution in [1.29, 1.82) is 0 Å². The highest BCUT2D eigenvalue weighted by atomic mass is 16.6. The lowest BCUT2D eigenvalue weighted by atomic mass is 9.70. The second-order valence-corrected chi connectivity index (χ2v) is 11.4. The molecule has 0 N–H and O–H groups in total. The van der Waals surface area contributed by atoms with Gasteiger partial charge in [0.2, 0.25) is 0 Å². The first-order valence-electron chi connectivity index (χ1n) is 10.8. The third-order valence-corrected chi connectivity index (χ3v) is 10.3. The topological polar surface area (TPSA) is 52.6 Å². The highest BCUT2D eigenvalue weighted by Crippen LogP contribution is 2.67. The Morgan fingerprint density at radius 3 is 1.37 bits per heavy atom. The highest BCUT2D eigenvalue weighted by Gasteiger charge is 2.64. The van der Waals surface area contributed by atoms with Gasteiger partial charge in [0, 0.05) is 10.8 Å². The molecule has 27 heavy (non-hydrogen) atoms. The van der Waals surface area contributed by atoms with Crippen molar-refractivity contribution in [2.24, 2.45) is 33.5 Å². The maximum atomic E-state index is 12.5. The van der Waals surface area contributed by atoms with Crippen LogP contribution in [0.4, 0.5) is 0 Å². The minimum absolute atomic E-state index is 0.0271. The molecule has 0 aromatic carbocycles. The molecule has 0 heterocycles. The van der Waals surface area contributed by atoms with Gasteiger partial charge in [-0.15, -0.1) is 0 Å². The average molecular weight is 377 g/mol. The van der Waals surface area contributed by atoms with Crippen LogP contribution in [0.1, 0.15) is 86.5 Å². The molecule has 152 valence electrons. The van der Waals surface area contributed by atoms with Crippen LogP contribution < -0.4 is 0 Å². The predicted molar refractivity (Wildman–Crippen MR) is 103 cm³/mol. The molecule has 0 amide bonds. The van der Waals surface area contributed by atoms with E-state index in [4.69, 9.17) is 9.47 Å². The zero-order valence-electron chi connectivity index (χ0n) is 17.9. The lowest BCUT2D eigenvalue weighted by Gasteiger charge is -2.39. The number of ether oxygens (including phenoxy) is 2. The molecule has 4 aliphatic carbocycles. The average Bonchev–Trinajstić information content (AvgIpc) is 3.06. The minimum atomic E-state index is -0.415. The molecular weight excluding hydrogens is 340 g/mol. The first-order chi connectivity index (χ1) is 12.4. The summed E-state index contributed by atoms with van der Waals surface area (Å²) < 4.78 is 11.6. The number of fused-ring (bicyclic) bond motifs is 4. The maximum absolute atomic E-state index is 12.5. The van der Waals surface area contributed by atoms with Gasteiger partial charge in [-0.3, -0.25) is 9.59 Å². The van der Waals surface area contributed by atoms with Crippen LogP contribution in [0.5, 0.6) is 0 Å². The van der Waals surface area contributed by atoms with Crippen LogP contribution in [-0.2, 0) is 19.1 Å². The molecule has 0 aliphatic heterocycles. The summed E-state index contributed by atoms with van der Waals surface area (Å²) in [6, 6.07) is 0. The van der Waals surface area contributed by atoms with Gasteiger partial charge in [-0.1, -0.05) is 41.5 Å². The van der Waals surface area contributed by atoms with Gasteiger partial charge in [-0.25, -0.2) is 0 Å². The van der Waals surface area contributed by atoms with Crippen molar-refractivity contribution in [1.82, 2.24) is 0 Å². The fourth-order valence-corrected chi connectivity index (χ4v) is 7.14. The summed E-state index contributed by atoms with van der Waals surface area (Å²) in [6.45, 7) is 13.7.